The fraction of sp³-hybridized carbons (Fsp3) is 0.273. The minimum absolute atomic E-state index is 0.101. The molecule has 1 heterocycles. The Hall–Kier alpha value is -3.68. The minimum atomic E-state index is -1.00. The van der Waals surface area contributed by atoms with Crippen molar-refractivity contribution in [3.63, 3.8) is 0 Å². The van der Waals surface area contributed by atoms with Crippen LogP contribution >= 0.6 is 0 Å². The zero-order valence-corrected chi connectivity index (χ0v) is 16.4. The highest BCUT2D eigenvalue weighted by Crippen LogP contribution is 2.35. The first-order chi connectivity index (χ1) is 14.4. The molecule has 0 unspecified atom stereocenters. The van der Waals surface area contributed by atoms with Crippen molar-refractivity contribution in [2.24, 2.45) is 5.92 Å². The fourth-order valence-electron chi connectivity index (χ4n) is 3.11. The summed E-state index contributed by atoms with van der Waals surface area (Å²) in [6.45, 7) is 2.06. The Morgan fingerprint density at radius 3 is 2.63 bits per heavy atom. The number of nitrogens with one attached hydrogen (secondary N) is 1. The number of aliphatic carboxylic acids is 1. The highest BCUT2D eigenvalue weighted by atomic mass is 16.7. The zero-order chi connectivity index (χ0) is 21.5. The summed E-state index contributed by atoms with van der Waals surface area (Å²) in [4.78, 5) is 23.2. The number of hydrogen-bond acceptors (Lipinski definition) is 6. The number of hydrogen-bond donors (Lipinski definition) is 3. The monoisotopic (exact) mass is 413 g/mol. The largest absolute Gasteiger partial charge is 0.508 e. The van der Waals surface area contributed by atoms with E-state index < -0.39 is 18.2 Å². The van der Waals surface area contributed by atoms with Gasteiger partial charge in [0.2, 0.25) is 6.79 Å². The molecule has 0 aromatic heterocycles. The molecule has 3 N–H and O–H groups in total. The zero-order valence-electron chi connectivity index (χ0n) is 16.4. The average Bonchev–Trinajstić information content (AvgIpc) is 3.18. The van der Waals surface area contributed by atoms with Crippen LogP contribution in [0, 0.1) is 5.92 Å². The molecule has 8 heteroatoms. The second kappa shape index (κ2) is 9.69. The van der Waals surface area contributed by atoms with Gasteiger partial charge in [-0.15, -0.1) is 0 Å². The lowest BCUT2D eigenvalue weighted by Gasteiger charge is -2.24. The number of rotatable bonds is 8. The lowest BCUT2D eigenvalue weighted by Crippen LogP contribution is -2.22. The van der Waals surface area contributed by atoms with E-state index in [0.717, 1.165) is 11.6 Å². The van der Waals surface area contributed by atoms with Gasteiger partial charge in [-0.05, 0) is 48.6 Å². The number of fused-ring (bicyclic) bond motifs is 1. The Balaban J connectivity index is 1.68. The third kappa shape index (κ3) is 5.66. The first-order valence-electron chi connectivity index (χ1n) is 9.48. The van der Waals surface area contributed by atoms with Gasteiger partial charge in [0.15, 0.2) is 11.5 Å². The molecule has 1 aliphatic heterocycles. The van der Waals surface area contributed by atoms with E-state index >= 15 is 0 Å². The van der Waals surface area contributed by atoms with Crippen molar-refractivity contribution >= 4 is 17.7 Å². The van der Waals surface area contributed by atoms with Crippen LogP contribution in [-0.2, 0) is 9.53 Å². The summed E-state index contributed by atoms with van der Waals surface area (Å²) in [5, 5.41) is 20.9. The molecule has 3 rings (SSSR count). The van der Waals surface area contributed by atoms with Crippen molar-refractivity contribution in [1.29, 1.82) is 0 Å². The highest BCUT2D eigenvalue weighted by Gasteiger charge is 2.24. The molecule has 0 saturated carbocycles. The van der Waals surface area contributed by atoms with Crippen molar-refractivity contribution in [2.45, 2.75) is 25.9 Å². The Morgan fingerprint density at radius 2 is 1.90 bits per heavy atom. The quantitative estimate of drug-likeness (QED) is 0.547. The standard InChI is InChI=1S/C22H23NO7/c1-14(4-2-3-5-20(25)26)21(15-6-9-17(24)10-7-15)30-22(27)23-16-8-11-18-19(12-16)29-13-28-18/h3,5-12,14,21,24H,2,4,13H2,1H3,(H,23,27)(H,25,26)/b5-3+/t14-,21+/m1/s1. The lowest BCUT2D eigenvalue weighted by molar-refractivity contribution is -0.131. The van der Waals surface area contributed by atoms with Gasteiger partial charge in [-0.3, -0.25) is 5.32 Å². The van der Waals surface area contributed by atoms with E-state index in [-0.39, 0.29) is 18.5 Å². The predicted molar refractivity (Wildman–Crippen MR) is 109 cm³/mol. The van der Waals surface area contributed by atoms with Gasteiger partial charge >= 0.3 is 12.1 Å². The molecular weight excluding hydrogens is 390 g/mol. The number of carboxylic acids is 1. The van der Waals surface area contributed by atoms with Gasteiger partial charge in [0.05, 0.1) is 0 Å². The van der Waals surface area contributed by atoms with E-state index in [9.17, 15) is 14.7 Å². The van der Waals surface area contributed by atoms with Crippen LogP contribution in [0.2, 0.25) is 0 Å². The summed E-state index contributed by atoms with van der Waals surface area (Å²) >= 11 is 0. The number of carbonyl (C=O) groups is 2. The Kier molecular flexibility index (Phi) is 6.79. The summed E-state index contributed by atoms with van der Waals surface area (Å²) < 4.78 is 16.3. The molecule has 0 bridgehead atoms. The summed E-state index contributed by atoms with van der Waals surface area (Å²) in [6.07, 6.45) is 2.56. The number of phenolic OH excluding ortho intramolecular Hbond substituents is 1. The number of aromatic hydroxyl groups is 1. The molecule has 0 spiro atoms. The van der Waals surface area contributed by atoms with Gasteiger partial charge in [-0.1, -0.05) is 25.1 Å². The normalized spacial score (nSPS) is 14.3. The molecule has 1 aliphatic rings. The van der Waals surface area contributed by atoms with Gasteiger partial charge in [0.1, 0.15) is 11.9 Å². The maximum Gasteiger partial charge on any atom is 0.412 e. The average molecular weight is 413 g/mol. The summed E-state index contributed by atoms with van der Waals surface area (Å²) in [7, 11) is 0. The van der Waals surface area contributed by atoms with E-state index in [1.807, 2.05) is 6.92 Å². The number of benzene rings is 2. The van der Waals surface area contributed by atoms with Crippen molar-refractivity contribution < 1.29 is 34.0 Å². The number of allylic oxidation sites excluding steroid dienone is 1. The van der Waals surface area contributed by atoms with Crippen LogP contribution < -0.4 is 14.8 Å². The summed E-state index contributed by atoms with van der Waals surface area (Å²) in [6, 6.07) is 11.5. The first-order valence-corrected chi connectivity index (χ1v) is 9.48. The molecule has 8 nitrogen and oxygen atoms in total. The van der Waals surface area contributed by atoms with Crippen LogP contribution in [0.3, 0.4) is 0 Å². The molecule has 30 heavy (non-hydrogen) atoms. The SMILES string of the molecule is C[C@H](CC/C=C/C(=O)O)[C@H](OC(=O)Nc1ccc2c(c1)OCO2)c1ccc(O)cc1. The third-order valence-corrected chi connectivity index (χ3v) is 4.64. The Morgan fingerprint density at radius 1 is 1.17 bits per heavy atom. The molecule has 0 aliphatic carbocycles. The molecule has 158 valence electrons. The first kappa shape index (κ1) is 21.0. The topological polar surface area (TPSA) is 114 Å². The van der Waals surface area contributed by atoms with E-state index in [4.69, 9.17) is 19.3 Å². The van der Waals surface area contributed by atoms with Gasteiger partial charge in [0, 0.05) is 17.8 Å². The van der Waals surface area contributed by atoms with Crippen LogP contribution in [-0.4, -0.2) is 29.1 Å². The number of phenols is 1. The predicted octanol–water partition coefficient (Wildman–Crippen LogP) is 4.47. The van der Waals surface area contributed by atoms with Crippen LogP contribution in [0.25, 0.3) is 0 Å². The number of carboxylic acid groups (broad SMARTS) is 1. The van der Waals surface area contributed by atoms with Gasteiger partial charge in [-0.2, -0.15) is 0 Å². The summed E-state index contributed by atoms with van der Waals surface area (Å²) in [5.74, 6) is 0.160. The maximum absolute atomic E-state index is 12.5. The van der Waals surface area contributed by atoms with Crippen LogP contribution in [0.15, 0.2) is 54.6 Å². The summed E-state index contributed by atoms with van der Waals surface area (Å²) in [5.41, 5.74) is 1.23. The number of ether oxygens (including phenoxy) is 3. The van der Waals surface area contributed by atoms with E-state index in [1.165, 1.54) is 12.1 Å². The highest BCUT2D eigenvalue weighted by molar-refractivity contribution is 5.85. The molecule has 1 amide bonds. The second-order valence-corrected chi connectivity index (χ2v) is 6.91. The molecule has 0 saturated heterocycles. The van der Waals surface area contributed by atoms with Crippen molar-refractivity contribution in [1.82, 2.24) is 0 Å². The van der Waals surface area contributed by atoms with Gasteiger partial charge in [0.25, 0.3) is 0 Å². The Labute approximate surface area is 173 Å². The molecule has 2 aromatic carbocycles. The molecule has 2 aromatic rings. The number of amides is 1. The lowest BCUT2D eigenvalue weighted by atomic mass is 9.93. The van der Waals surface area contributed by atoms with Crippen molar-refractivity contribution in [3.05, 3.63) is 60.2 Å². The number of anilines is 1. The van der Waals surface area contributed by atoms with Gasteiger partial charge < -0.3 is 24.4 Å². The van der Waals surface area contributed by atoms with E-state index in [1.54, 1.807) is 36.4 Å². The molecule has 2 atom stereocenters. The van der Waals surface area contributed by atoms with Crippen LogP contribution in [0.1, 0.15) is 31.4 Å². The molecule has 0 fully saturated rings. The Bertz CT molecular complexity index is 924. The van der Waals surface area contributed by atoms with Gasteiger partial charge in [-0.25, -0.2) is 9.59 Å². The second-order valence-electron chi connectivity index (χ2n) is 6.91. The van der Waals surface area contributed by atoms with Crippen molar-refractivity contribution in [3.8, 4) is 17.2 Å². The smallest absolute Gasteiger partial charge is 0.412 e. The molecule has 0 radical (unpaired) electrons. The minimum Gasteiger partial charge on any atom is -0.508 e. The number of carbonyl (C=O) groups excluding carboxylic acids is 1. The van der Waals surface area contributed by atoms with E-state index in [2.05, 4.69) is 5.32 Å². The van der Waals surface area contributed by atoms with Crippen molar-refractivity contribution in [2.75, 3.05) is 12.1 Å². The van der Waals surface area contributed by atoms with Crippen LogP contribution in [0.4, 0.5) is 10.5 Å². The fourth-order valence-corrected chi connectivity index (χ4v) is 3.11. The maximum atomic E-state index is 12.5. The molecular formula is C22H23NO7. The van der Waals surface area contributed by atoms with E-state index in [0.29, 0.717) is 30.0 Å². The van der Waals surface area contributed by atoms with Crippen LogP contribution in [0.5, 0.6) is 17.2 Å². The third-order valence-electron chi connectivity index (χ3n) is 4.64.